The molecule has 4 heteroatoms. The topological polar surface area (TPSA) is 47.0 Å². The molecule has 0 fully saturated rings. The summed E-state index contributed by atoms with van der Waals surface area (Å²) in [7, 11) is -3.61. The molecule has 0 spiro atoms. The van der Waals surface area contributed by atoms with Gasteiger partial charge in [0.2, 0.25) is 9.84 Å². The Morgan fingerprint density at radius 1 is 0.556 bits per heavy atom. The first-order valence-corrected chi connectivity index (χ1v) is 10.1. The fourth-order valence-corrected chi connectivity index (χ4v) is 4.95. The molecule has 0 N–H and O–H groups in total. The molecule has 0 unspecified atom stereocenters. The highest BCUT2D eigenvalue weighted by Crippen LogP contribution is 2.36. The normalized spacial score (nSPS) is 12.0. The summed E-state index contributed by atoms with van der Waals surface area (Å²) in [5, 5.41) is 6.45. The number of benzene rings is 4. The Balaban J connectivity index is 1.90. The molecule has 0 saturated heterocycles. The lowest BCUT2D eigenvalue weighted by Gasteiger charge is -2.12. The van der Waals surface area contributed by atoms with Crippen LogP contribution in [0.25, 0.3) is 32.3 Å². The van der Waals surface area contributed by atoms with Crippen LogP contribution in [0.3, 0.4) is 0 Å². The van der Waals surface area contributed by atoms with E-state index in [4.69, 9.17) is 0 Å². The summed E-state index contributed by atoms with van der Waals surface area (Å²) < 4.78 is 26.1. The minimum Gasteiger partial charge on any atom is -0.263 e. The van der Waals surface area contributed by atoms with Gasteiger partial charge in [0.1, 0.15) is 0 Å². The van der Waals surface area contributed by atoms with Crippen LogP contribution < -0.4 is 0 Å². The minimum atomic E-state index is -3.61. The van der Waals surface area contributed by atoms with E-state index in [1.165, 1.54) is 11.6 Å². The van der Waals surface area contributed by atoms with Gasteiger partial charge in [-0.3, -0.25) is 4.98 Å². The maximum Gasteiger partial charge on any atom is 0.208 e. The van der Waals surface area contributed by atoms with E-state index >= 15 is 0 Å². The average molecular weight is 369 g/mol. The Hall–Kier alpha value is -3.24. The van der Waals surface area contributed by atoms with Crippen LogP contribution in [0.2, 0.25) is 0 Å². The van der Waals surface area contributed by atoms with E-state index in [1.54, 1.807) is 30.5 Å². The summed E-state index contributed by atoms with van der Waals surface area (Å²) >= 11 is 0. The molecule has 4 aromatic carbocycles. The van der Waals surface area contributed by atoms with Crippen molar-refractivity contribution in [3.8, 4) is 0 Å². The molecule has 0 saturated carbocycles. The van der Waals surface area contributed by atoms with Gasteiger partial charge in [-0.05, 0) is 56.6 Å². The largest absolute Gasteiger partial charge is 0.263 e. The summed E-state index contributed by atoms with van der Waals surface area (Å²) in [6.07, 6.45) is 2.96. The number of hydrogen-bond donors (Lipinski definition) is 0. The maximum absolute atomic E-state index is 13.0. The molecule has 1 heterocycles. The van der Waals surface area contributed by atoms with E-state index in [-0.39, 0.29) is 9.79 Å². The summed E-state index contributed by atoms with van der Waals surface area (Å²) in [4.78, 5) is 4.43. The Labute approximate surface area is 156 Å². The standard InChI is InChI=1S/C23H15NO2S/c25-27(26,17-6-5-13-24-15-17)16-11-12-22-20-9-2-1-7-18(20)19-8-3-4-10-21(19)23(22)14-16/h1-15H. The molecule has 0 aliphatic carbocycles. The van der Waals surface area contributed by atoms with Crippen molar-refractivity contribution in [2.24, 2.45) is 0 Å². The molecular weight excluding hydrogens is 354 g/mol. The van der Waals surface area contributed by atoms with Crippen LogP contribution in [-0.4, -0.2) is 13.4 Å². The summed E-state index contributed by atoms with van der Waals surface area (Å²) in [6, 6.07) is 24.9. The van der Waals surface area contributed by atoms with E-state index in [9.17, 15) is 8.42 Å². The zero-order valence-electron chi connectivity index (χ0n) is 14.3. The fourth-order valence-electron chi connectivity index (χ4n) is 3.70. The average Bonchev–Trinajstić information content (AvgIpc) is 2.74. The number of pyridine rings is 1. The first-order chi connectivity index (χ1) is 13.2. The van der Waals surface area contributed by atoms with Crippen molar-refractivity contribution in [3.05, 3.63) is 91.3 Å². The van der Waals surface area contributed by atoms with Gasteiger partial charge in [-0.15, -0.1) is 0 Å². The van der Waals surface area contributed by atoms with Crippen molar-refractivity contribution in [2.45, 2.75) is 9.79 Å². The molecule has 0 radical (unpaired) electrons. The van der Waals surface area contributed by atoms with Crippen molar-refractivity contribution in [3.63, 3.8) is 0 Å². The smallest absolute Gasteiger partial charge is 0.208 e. The van der Waals surface area contributed by atoms with Gasteiger partial charge in [0.15, 0.2) is 0 Å². The molecule has 3 nitrogen and oxygen atoms in total. The van der Waals surface area contributed by atoms with Gasteiger partial charge in [-0.25, -0.2) is 8.42 Å². The monoisotopic (exact) mass is 369 g/mol. The molecule has 0 aliphatic rings. The van der Waals surface area contributed by atoms with E-state index in [2.05, 4.69) is 23.2 Å². The zero-order chi connectivity index (χ0) is 18.4. The highest BCUT2D eigenvalue weighted by atomic mass is 32.2. The van der Waals surface area contributed by atoms with Crippen LogP contribution in [0.15, 0.2) is 101 Å². The Kier molecular flexibility index (Phi) is 3.49. The van der Waals surface area contributed by atoms with Crippen molar-refractivity contribution >= 4 is 42.2 Å². The van der Waals surface area contributed by atoms with E-state index in [1.807, 2.05) is 36.4 Å². The van der Waals surface area contributed by atoms with E-state index in [0.717, 1.165) is 26.9 Å². The second-order valence-corrected chi connectivity index (χ2v) is 8.44. The van der Waals surface area contributed by atoms with Gasteiger partial charge in [0.25, 0.3) is 0 Å². The molecule has 130 valence electrons. The van der Waals surface area contributed by atoms with Crippen molar-refractivity contribution in [2.75, 3.05) is 0 Å². The highest BCUT2D eigenvalue weighted by Gasteiger charge is 2.19. The van der Waals surface area contributed by atoms with Gasteiger partial charge in [-0.1, -0.05) is 54.6 Å². The van der Waals surface area contributed by atoms with E-state index < -0.39 is 9.84 Å². The predicted octanol–water partition coefficient (Wildman–Crippen LogP) is 5.37. The summed E-state index contributed by atoms with van der Waals surface area (Å²) in [6.45, 7) is 0. The van der Waals surface area contributed by atoms with Gasteiger partial charge in [0.05, 0.1) is 9.79 Å². The summed E-state index contributed by atoms with van der Waals surface area (Å²) in [5.41, 5.74) is 0. The molecule has 0 atom stereocenters. The third-order valence-corrected chi connectivity index (χ3v) is 6.71. The number of nitrogens with zero attached hydrogens (tertiary/aromatic N) is 1. The Morgan fingerprint density at radius 3 is 1.67 bits per heavy atom. The SMILES string of the molecule is O=S(=O)(c1cccnc1)c1ccc2c3ccccc3c3ccccc3c2c1. The van der Waals surface area contributed by atoms with Gasteiger partial charge >= 0.3 is 0 Å². The van der Waals surface area contributed by atoms with Gasteiger partial charge in [-0.2, -0.15) is 0 Å². The van der Waals surface area contributed by atoms with Crippen molar-refractivity contribution < 1.29 is 8.42 Å². The van der Waals surface area contributed by atoms with Crippen LogP contribution in [0.5, 0.6) is 0 Å². The lowest BCUT2D eigenvalue weighted by atomic mass is 9.94. The highest BCUT2D eigenvalue weighted by molar-refractivity contribution is 7.91. The number of hydrogen-bond acceptors (Lipinski definition) is 3. The molecular formula is C23H15NO2S. The minimum absolute atomic E-state index is 0.203. The third-order valence-electron chi connectivity index (χ3n) is 4.97. The lowest BCUT2D eigenvalue weighted by Crippen LogP contribution is -2.02. The van der Waals surface area contributed by atoms with Crippen molar-refractivity contribution in [1.82, 2.24) is 4.98 Å². The van der Waals surface area contributed by atoms with Crippen LogP contribution in [-0.2, 0) is 9.84 Å². The predicted molar refractivity (Wildman–Crippen MR) is 109 cm³/mol. The first kappa shape index (κ1) is 16.0. The molecule has 27 heavy (non-hydrogen) atoms. The molecule has 0 aliphatic heterocycles. The fraction of sp³-hybridized carbons (Fsp3) is 0. The van der Waals surface area contributed by atoms with Crippen LogP contribution >= 0.6 is 0 Å². The lowest BCUT2D eigenvalue weighted by molar-refractivity contribution is 0.596. The number of aromatic nitrogens is 1. The van der Waals surface area contributed by atoms with Gasteiger partial charge in [0, 0.05) is 12.4 Å². The third kappa shape index (κ3) is 2.41. The molecule has 5 aromatic rings. The zero-order valence-corrected chi connectivity index (χ0v) is 15.1. The van der Waals surface area contributed by atoms with Crippen LogP contribution in [0.4, 0.5) is 0 Å². The van der Waals surface area contributed by atoms with Crippen LogP contribution in [0.1, 0.15) is 0 Å². The second-order valence-electron chi connectivity index (χ2n) is 6.49. The number of sulfone groups is 1. The quantitative estimate of drug-likeness (QED) is 0.393. The van der Waals surface area contributed by atoms with Gasteiger partial charge < -0.3 is 0 Å². The molecule has 1 aromatic heterocycles. The molecule has 0 amide bonds. The Bertz CT molecular complexity index is 1390. The molecule has 0 bridgehead atoms. The van der Waals surface area contributed by atoms with Crippen molar-refractivity contribution in [1.29, 1.82) is 0 Å². The number of fused-ring (bicyclic) bond motifs is 6. The summed E-state index contributed by atoms with van der Waals surface area (Å²) in [5.74, 6) is 0. The maximum atomic E-state index is 13.0. The Morgan fingerprint density at radius 2 is 1.11 bits per heavy atom. The second kappa shape index (κ2) is 5.89. The van der Waals surface area contributed by atoms with Crippen LogP contribution in [0, 0.1) is 0 Å². The number of rotatable bonds is 2. The first-order valence-electron chi connectivity index (χ1n) is 8.64. The van der Waals surface area contributed by atoms with E-state index in [0.29, 0.717) is 0 Å². The molecule has 5 rings (SSSR count).